The maximum atomic E-state index is 12.1. The molecule has 0 aromatic heterocycles. The molecule has 0 spiro atoms. The van der Waals surface area contributed by atoms with Crippen LogP contribution in [-0.4, -0.2) is 55.6 Å². The van der Waals surface area contributed by atoms with Crippen molar-refractivity contribution in [1.29, 1.82) is 0 Å². The number of anilines is 1. The van der Waals surface area contributed by atoms with Crippen molar-refractivity contribution in [3.05, 3.63) is 53.1 Å². The van der Waals surface area contributed by atoms with Crippen LogP contribution in [0.4, 0.5) is 5.69 Å². The minimum absolute atomic E-state index is 0.0612. The Kier molecular flexibility index (Phi) is 8.04. The van der Waals surface area contributed by atoms with E-state index in [1.807, 2.05) is 0 Å². The zero-order chi connectivity index (χ0) is 22.9. The van der Waals surface area contributed by atoms with Gasteiger partial charge in [0.25, 0.3) is 5.91 Å². The number of hydrogen-bond donors (Lipinski definition) is 2. The van der Waals surface area contributed by atoms with E-state index in [4.69, 9.17) is 21.1 Å². The molecule has 0 bridgehead atoms. The predicted molar refractivity (Wildman–Crippen MR) is 120 cm³/mol. The molecule has 3 amide bonds. The quantitative estimate of drug-likeness (QED) is 0.376. The Hall–Kier alpha value is -3.59. The van der Waals surface area contributed by atoms with Gasteiger partial charge in [0.1, 0.15) is 0 Å². The van der Waals surface area contributed by atoms with E-state index in [0.717, 1.165) is 25.9 Å². The fourth-order valence-electron chi connectivity index (χ4n) is 3.05. The summed E-state index contributed by atoms with van der Waals surface area (Å²) < 4.78 is 10.9. The average Bonchev–Trinajstić information content (AvgIpc) is 3.33. The first-order valence-electron chi connectivity index (χ1n) is 9.95. The highest BCUT2D eigenvalue weighted by molar-refractivity contribution is 6.39. The highest BCUT2D eigenvalue weighted by atomic mass is 35.5. The molecule has 3 rings (SSSR count). The van der Waals surface area contributed by atoms with Crippen molar-refractivity contribution >= 4 is 41.2 Å². The predicted octanol–water partition coefficient (Wildman–Crippen LogP) is 2.44. The van der Waals surface area contributed by atoms with Crippen molar-refractivity contribution in [2.75, 3.05) is 32.1 Å². The summed E-state index contributed by atoms with van der Waals surface area (Å²) in [5.74, 6) is -1.05. The molecule has 168 valence electrons. The molecular formula is C22H23ClN4O5. The van der Waals surface area contributed by atoms with Crippen LogP contribution < -0.4 is 20.2 Å². The number of amides is 3. The lowest BCUT2D eigenvalue weighted by Gasteiger charge is -2.16. The first-order chi connectivity index (χ1) is 15.5. The molecule has 2 N–H and O–H groups in total. The number of hydrogen-bond acceptors (Lipinski definition) is 6. The van der Waals surface area contributed by atoms with E-state index < -0.39 is 11.8 Å². The summed E-state index contributed by atoms with van der Waals surface area (Å²) in [4.78, 5) is 37.7. The Morgan fingerprint density at radius 2 is 1.88 bits per heavy atom. The summed E-state index contributed by atoms with van der Waals surface area (Å²) in [6.45, 7) is 1.46. The molecular weight excluding hydrogens is 436 g/mol. The molecule has 0 unspecified atom stereocenters. The smallest absolute Gasteiger partial charge is 0.329 e. The molecule has 1 aliphatic rings. The maximum absolute atomic E-state index is 12.1. The molecule has 0 atom stereocenters. The van der Waals surface area contributed by atoms with Crippen LogP contribution in [0, 0.1) is 0 Å². The van der Waals surface area contributed by atoms with Crippen LogP contribution >= 0.6 is 11.6 Å². The summed E-state index contributed by atoms with van der Waals surface area (Å²) in [6.07, 6.45) is 3.38. The van der Waals surface area contributed by atoms with Crippen LogP contribution in [0.2, 0.25) is 5.02 Å². The monoisotopic (exact) mass is 458 g/mol. The molecule has 0 saturated carbocycles. The SMILES string of the molecule is COc1cc(/C=N\NC(=O)C(=O)Nc2cccc(Cl)c2)ccc1OCC(=O)N1CCCC1. The fraction of sp³-hybridized carbons (Fsp3) is 0.273. The Balaban J connectivity index is 1.53. The molecule has 10 heteroatoms. The second kappa shape index (κ2) is 11.1. The van der Waals surface area contributed by atoms with Gasteiger partial charge in [-0.3, -0.25) is 14.4 Å². The van der Waals surface area contributed by atoms with Crippen LogP contribution in [0.15, 0.2) is 47.6 Å². The zero-order valence-corrected chi connectivity index (χ0v) is 18.2. The second-order valence-electron chi connectivity index (χ2n) is 6.95. The molecule has 2 aromatic rings. The summed E-state index contributed by atoms with van der Waals surface area (Å²) in [5.41, 5.74) is 3.14. The number of carbonyl (C=O) groups is 3. The highest BCUT2D eigenvalue weighted by Crippen LogP contribution is 2.27. The first kappa shape index (κ1) is 23.1. The van der Waals surface area contributed by atoms with Gasteiger partial charge in [-0.1, -0.05) is 17.7 Å². The van der Waals surface area contributed by atoms with Crippen LogP contribution in [0.5, 0.6) is 11.5 Å². The van der Waals surface area contributed by atoms with Gasteiger partial charge >= 0.3 is 11.8 Å². The molecule has 2 aromatic carbocycles. The number of carbonyl (C=O) groups excluding carboxylic acids is 3. The third kappa shape index (κ3) is 6.45. The van der Waals surface area contributed by atoms with E-state index in [1.54, 1.807) is 41.3 Å². The number of halogens is 1. The molecule has 9 nitrogen and oxygen atoms in total. The molecule has 1 saturated heterocycles. The van der Waals surface area contributed by atoms with Crippen molar-refractivity contribution < 1.29 is 23.9 Å². The van der Waals surface area contributed by atoms with Gasteiger partial charge in [-0.05, 0) is 54.8 Å². The number of methoxy groups -OCH3 is 1. The summed E-state index contributed by atoms with van der Waals surface area (Å²) in [6, 6.07) is 11.4. The Bertz CT molecular complexity index is 1020. The molecule has 1 heterocycles. The highest BCUT2D eigenvalue weighted by Gasteiger charge is 2.19. The van der Waals surface area contributed by atoms with E-state index in [9.17, 15) is 14.4 Å². The van der Waals surface area contributed by atoms with Gasteiger partial charge in [0.05, 0.1) is 13.3 Å². The van der Waals surface area contributed by atoms with Gasteiger partial charge in [0.15, 0.2) is 18.1 Å². The lowest BCUT2D eigenvalue weighted by molar-refractivity contribution is -0.136. The number of nitrogens with zero attached hydrogens (tertiary/aromatic N) is 2. The number of benzene rings is 2. The number of hydrazone groups is 1. The molecule has 1 fully saturated rings. The molecule has 0 aliphatic carbocycles. The second-order valence-corrected chi connectivity index (χ2v) is 7.39. The Morgan fingerprint density at radius 3 is 2.59 bits per heavy atom. The van der Waals surface area contributed by atoms with E-state index in [1.165, 1.54) is 19.4 Å². The van der Waals surface area contributed by atoms with Gasteiger partial charge in [0, 0.05) is 23.8 Å². The third-order valence-corrected chi connectivity index (χ3v) is 4.90. The van der Waals surface area contributed by atoms with Crippen LogP contribution in [-0.2, 0) is 14.4 Å². The van der Waals surface area contributed by atoms with Crippen molar-refractivity contribution in [3.8, 4) is 11.5 Å². The standard InChI is InChI=1S/C22H23ClN4O5/c1-31-19-11-15(7-8-18(19)32-14-20(28)27-9-2-3-10-27)13-24-26-22(30)21(29)25-17-6-4-5-16(23)12-17/h4-8,11-13H,2-3,9-10,14H2,1H3,(H,25,29)(H,26,30)/b24-13-. The van der Waals surface area contributed by atoms with Gasteiger partial charge in [-0.25, -0.2) is 5.43 Å². The number of rotatable bonds is 7. The first-order valence-corrected chi connectivity index (χ1v) is 10.3. The fourth-order valence-corrected chi connectivity index (χ4v) is 3.24. The Labute approximate surface area is 190 Å². The number of likely N-dealkylation sites (tertiary alicyclic amines) is 1. The minimum atomic E-state index is -0.937. The molecule has 32 heavy (non-hydrogen) atoms. The Morgan fingerprint density at radius 1 is 1.09 bits per heavy atom. The lowest BCUT2D eigenvalue weighted by Crippen LogP contribution is -2.32. The molecule has 1 aliphatic heterocycles. The summed E-state index contributed by atoms with van der Waals surface area (Å²) >= 11 is 5.85. The van der Waals surface area contributed by atoms with Gasteiger partial charge in [-0.2, -0.15) is 5.10 Å². The van der Waals surface area contributed by atoms with Crippen molar-refractivity contribution in [3.63, 3.8) is 0 Å². The largest absolute Gasteiger partial charge is 0.493 e. The van der Waals surface area contributed by atoms with E-state index in [2.05, 4.69) is 15.8 Å². The van der Waals surface area contributed by atoms with E-state index in [-0.39, 0.29) is 12.5 Å². The summed E-state index contributed by atoms with van der Waals surface area (Å²) in [5, 5.41) is 6.64. The van der Waals surface area contributed by atoms with Crippen LogP contribution in [0.1, 0.15) is 18.4 Å². The van der Waals surface area contributed by atoms with Crippen LogP contribution in [0.25, 0.3) is 0 Å². The van der Waals surface area contributed by atoms with E-state index in [0.29, 0.717) is 27.8 Å². The van der Waals surface area contributed by atoms with Crippen molar-refractivity contribution in [2.45, 2.75) is 12.8 Å². The lowest BCUT2D eigenvalue weighted by atomic mass is 10.2. The topological polar surface area (TPSA) is 109 Å². The van der Waals surface area contributed by atoms with Gasteiger partial charge in [-0.15, -0.1) is 0 Å². The van der Waals surface area contributed by atoms with Crippen molar-refractivity contribution in [2.24, 2.45) is 5.10 Å². The third-order valence-electron chi connectivity index (χ3n) is 4.67. The summed E-state index contributed by atoms with van der Waals surface area (Å²) in [7, 11) is 1.48. The van der Waals surface area contributed by atoms with Crippen molar-refractivity contribution in [1.82, 2.24) is 10.3 Å². The number of nitrogens with one attached hydrogen (secondary N) is 2. The van der Waals surface area contributed by atoms with Gasteiger partial charge < -0.3 is 19.7 Å². The van der Waals surface area contributed by atoms with Crippen LogP contribution in [0.3, 0.4) is 0 Å². The maximum Gasteiger partial charge on any atom is 0.329 e. The zero-order valence-electron chi connectivity index (χ0n) is 17.5. The normalized spacial score (nSPS) is 13.1. The average molecular weight is 459 g/mol. The van der Waals surface area contributed by atoms with Gasteiger partial charge in [0.2, 0.25) is 0 Å². The van der Waals surface area contributed by atoms with E-state index >= 15 is 0 Å². The number of ether oxygens (including phenoxy) is 2. The minimum Gasteiger partial charge on any atom is -0.493 e. The molecule has 0 radical (unpaired) electrons.